The van der Waals surface area contributed by atoms with Gasteiger partial charge in [0.25, 0.3) is 5.91 Å². The van der Waals surface area contributed by atoms with Crippen molar-refractivity contribution in [2.45, 2.75) is 29.5 Å². The van der Waals surface area contributed by atoms with Crippen molar-refractivity contribution in [2.75, 3.05) is 33.5 Å². The molecule has 10 heteroatoms. The molecule has 1 N–H and O–H groups in total. The Hall–Kier alpha value is -1.61. The van der Waals surface area contributed by atoms with E-state index in [1.165, 1.54) is 7.11 Å². The number of amides is 1. The molecule has 0 aromatic heterocycles. The number of likely N-dealkylation sites (N-methyl/N-ethyl adjacent to an activating group) is 1. The normalized spacial score (nSPS) is 19.2. The highest BCUT2D eigenvalue weighted by atomic mass is 35.5. The molecular weight excluding hydrogens is 484 g/mol. The Kier molecular flexibility index (Phi) is 8.78. The number of benzene rings is 2. The molecule has 0 bridgehead atoms. The van der Waals surface area contributed by atoms with Crippen LogP contribution in [0.2, 0.25) is 5.02 Å². The van der Waals surface area contributed by atoms with E-state index >= 15 is 0 Å². The minimum atomic E-state index is -4.54. The molecule has 0 radical (unpaired) electrons. The zero-order valence-corrected chi connectivity index (χ0v) is 20.3. The third-order valence-corrected chi connectivity index (χ3v) is 6.47. The number of nitrogens with one attached hydrogen (secondary N) is 1. The molecule has 0 spiro atoms. The molecule has 1 unspecified atom stereocenters. The third kappa shape index (κ3) is 5.65. The number of halogens is 5. The maximum absolute atomic E-state index is 13.5. The Balaban J connectivity index is 0.00000363. The number of piperidine rings is 1. The van der Waals surface area contributed by atoms with Crippen LogP contribution >= 0.6 is 35.8 Å². The lowest BCUT2D eigenvalue weighted by atomic mass is 9.82. The van der Waals surface area contributed by atoms with Crippen molar-refractivity contribution < 1.29 is 22.7 Å². The molecule has 4 nitrogen and oxygen atoms in total. The summed E-state index contributed by atoms with van der Waals surface area (Å²) in [4.78, 5) is 15.8. The zero-order chi connectivity index (χ0) is 22.8. The fourth-order valence-electron chi connectivity index (χ4n) is 4.04. The number of ether oxygens (including phenoxy) is 1. The first-order chi connectivity index (χ1) is 14.6. The van der Waals surface area contributed by atoms with Crippen LogP contribution in [0.4, 0.5) is 13.2 Å². The van der Waals surface area contributed by atoms with Crippen LogP contribution in [-0.4, -0.2) is 44.3 Å². The molecule has 1 amide bonds. The van der Waals surface area contributed by atoms with E-state index in [1.54, 1.807) is 12.3 Å². The Morgan fingerprint density at radius 1 is 1.28 bits per heavy atom. The molecule has 176 valence electrons. The van der Waals surface area contributed by atoms with E-state index < -0.39 is 23.2 Å². The number of likely N-dealkylation sites (tertiary alicyclic amines) is 1. The summed E-state index contributed by atoms with van der Waals surface area (Å²) >= 11 is 7.29. The summed E-state index contributed by atoms with van der Waals surface area (Å²) in [6.45, 7) is 1.44. The summed E-state index contributed by atoms with van der Waals surface area (Å²) in [5.74, 6) is -0.590. The molecule has 1 atom stereocenters. The number of carbonyl (C=O) groups excluding carboxylic acids is 1. The summed E-state index contributed by atoms with van der Waals surface area (Å²) in [6, 6.07) is 9.17. The van der Waals surface area contributed by atoms with E-state index in [9.17, 15) is 18.0 Å². The highest BCUT2D eigenvalue weighted by Crippen LogP contribution is 2.39. The van der Waals surface area contributed by atoms with E-state index in [2.05, 4.69) is 10.2 Å². The van der Waals surface area contributed by atoms with Gasteiger partial charge in [-0.1, -0.05) is 23.7 Å². The fraction of sp³-hybridized carbons (Fsp3) is 0.409. The topological polar surface area (TPSA) is 41.6 Å². The van der Waals surface area contributed by atoms with Gasteiger partial charge in [-0.05, 0) is 62.5 Å². The van der Waals surface area contributed by atoms with E-state index in [4.69, 9.17) is 16.3 Å². The van der Waals surface area contributed by atoms with Gasteiger partial charge < -0.3 is 15.0 Å². The number of hydrogen-bond donors (Lipinski definition) is 1. The molecule has 3 rings (SSSR count). The molecule has 1 aliphatic rings. The maximum Gasteiger partial charge on any atom is 0.416 e. The molecule has 2 aromatic carbocycles. The number of thioether (sulfide) groups is 1. The number of carbonyl (C=O) groups is 1. The first-order valence-electron chi connectivity index (χ1n) is 9.70. The van der Waals surface area contributed by atoms with Crippen LogP contribution in [0.5, 0.6) is 5.75 Å². The Morgan fingerprint density at radius 3 is 2.56 bits per heavy atom. The van der Waals surface area contributed by atoms with Gasteiger partial charge in [0.2, 0.25) is 0 Å². The van der Waals surface area contributed by atoms with E-state index in [1.807, 2.05) is 25.2 Å². The average molecular weight is 509 g/mol. The molecule has 0 saturated carbocycles. The van der Waals surface area contributed by atoms with Gasteiger partial charge >= 0.3 is 6.18 Å². The Labute approximate surface area is 201 Å². The van der Waals surface area contributed by atoms with Crippen LogP contribution in [0.15, 0.2) is 41.3 Å². The van der Waals surface area contributed by atoms with Crippen molar-refractivity contribution >= 4 is 41.7 Å². The lowest BCUT2D eigenvalue weighted by Crippen LogP contribution is -2.55. The van der Waals surface area contributed by atoms with Crippen LogP contribution in [0.1, 0.15) is 34.3 Å². The lowest BCUT2D eigenvalue weighted by Gasteiger charge is -2.43. The molecule has 1 heterocycles. The minimum Gasteiger partial charge on any atom is -0.496 e. The average Bonchev–Trinajstić information content (AvgIpc) is 2.71. The van der Waals surface area contributed by atoms with Crippen molar-refractivity contribution in [3.8, 4) is 5.75 Å². The molecular formula is C22H25Cl2F3N2O2S. The Morgan fingerprint density at radius 2 is 2.00 bits per heavy atom. The number of methoxy groups -OCH3 is 1. The van der Waals surface area contributed by atoms with Crippen molar-refractivity contribution in [3.63, 3.8) is 0 Å². The SMILES string of the molecule is COc1cc(C(F)(F)F)cc(SC)c1C(=O)NC1(c2cccc(Cl)c2)CCCN(C)C1.Cl. The number of alkyl halides is 3. The van der Waals surface area contributed by atoms with Crippen molar-refractivity contribution in [2.24, 2.45) is 0 Å². The summed E-state index contributed by atoms with van der Waals surface area (Å²) in [5, 5.41) is 3.67. The summed E-state index contributed by atoms with van der Waals surface area (Å²) in [5.41, 5.74) is -0.625. The lowest BCUT2D eigenvalue weighted by molar-refractivity contribution is -0.137. The molecule has 1 saturated heterocycles. The van der Waals surface area contributed by atoms with E-state index in [0.717, 1.165) is 42.4 Å². The van der Waals surface area contributed by atoms with Crippen LogP contribution in [0.3, 0.4) is 0 Å². The first-order valence-corrected chi connectivity index (χ1v) is 11.3. The second-order valence-corrected chi connectivity index (χ2v) is 8.93. The predicted molar refractivity (Wildman–Crippen MR) is 124 cm³/mol. The van der Waals surface area contributed by atoms with Crippen LogP contribution in [-0.2, 0) is 11.7 Å². The van der Waals surface area contributed by atoms with Crippen LogP contribution in [0.25, 0.3) is 0 Å². The molecule has 2 aromatic rings. The maximum atomic E-state index is 13.5. The monoisotopic (exact) mass is 508 g/mol. The largest absolute Gasteiger partial charge is 0.496 e. The summed E-state index contributed by atoms with van der Waals surface area (Å²) < 4.78 is 45.1. The summed E-state index contributed by atoms with van der Waals surface area (Å²) in [6.07, 6.45) is -1.38. The number of rotatable bonds is 5. The fourth-order valence-corrected chi connectivity index (χ4v) is 4.88. The number of nitrogens with zero attached hydrogens (tertiary/aromatic N) is 1. The van der Waals surface area contributed by atoms with Gasteiger partial charge in [-0.3, -0.25) is 4.79 Å². The second kappa shape index (κ2) is 10.5. The van der Waals surface area contributed by atoms with Gasteiger partial charge in [0.05, 0.1) is 23.8 Å². The van der Waals surface area contributed by atoms with Crippen molar-refractivity contribution in [1.29, 1.82) is 0 Å². The Bertz CT molecular complexity index is 949. The molecule has 1 aliphatic heterocycles. The highest BCUT2D eigenvalue weighted by molar-refractivity contribution is 7.98. The standard InChI is InChI=1S/C22H24ClF3N2O2S.ClH/c1-28-9-5-8-21(13-28,14-6-4-7-16(23)10-14)27-20(29)19-17(30-2)11-15(22(24,25)26)12-18(19)31-3;/h4,6-7,10-12H,5,8-9,13H2,1-3H3,(H,27,29);1H. The zero-order valence-electron chi connectivity index (χ0n) is 17.9. The van der Waals surface area contributed by atoms with E-state index in [0.29, 0.717) is 18.0 Å². The second-order valence-electron chi connectivity index (χ2n) is 7.64. The van der Waals surface area contributed by atoms with Crippen LogP contribution < -0.4 is 10.1 Å². The molecule has 32 heavy (non-hydrogen) atoms. The van der Waals surface area contributed by atoms with Gasteiger partial charge in [-0.15, -0.1) is 24.2 Å². The first kappa shape index (κ1) is 26.6. The summed E-state index contributed by atoms with van der Waals surface area (Å²) in [7, 11) is 3.23. The minimum absolute atomic E-state index is 0. The van der Waals surface area contributed by atoms with Gasteiger partial charge in [-0.25, -0.2) is 0 Å². The van der Waals surface area contributed by atoms with Gasteiger partial charge in [0, 0.05) is 16.5 Å². The van der Waals surface area contributed by atoms with E-state index in [-0.39, 0.29) is 28.6 Å². The molecule has 0 aliphatic carbocycles. The predicted octanol–water partition coefficient (Wildman–Crippen LogP) is 5.86. The number of hydrogen-bond acceptors (Lipinski definition) is 4. The van der Waals surface area contributed by atoms with Crippen molar-refractivity contribution in [1.82, 2.24) is 10.2 Å². The van der Waals surface area contributed by atoms with Gasteiger partial charge in [-0.2, -0.15) is 13.2 Å². The van der Waals surface area contributed by atoms with Crippen LogP contribution in [0, 0.1) is 0 Å². The van der Waals surface area contributed by atoms with Gasteiger partial charge in [0.1, 0.15) is 5.75 Å². The highest BCUT2D eigenvalue weighted by Gasteiger charge is 2.39. The molecule has 1 fully saturated rings. The quantitative estimate of drug-likeness (QED) is 0.513. The van der Waals surface area contributed by atoms with Gasteiger partial charge in [0.15, 0.2) is 0 Å². The van der Waals surface area contributed by atoms with Crippen molar-refractivity contribution in [3.05, 3.63) is 58.1 Å². The third-order valence-electron chi connectivity index (χ3n) is 5.47. The smallest absolute Gasteiger partial charge is 0.416 e.